The van der Waals surface area contributed by atoms with Crippen molar-refractivity contribution in [2.24, 2.45) is 0 Å². The third kappa shape index (κ3) is 3.72. The van der Waals surface area contributed by atoms with Gasteiger partial charge in [-0.25, -0.2) is 0 Å². The summed E-state index contributed by atoms with van der Waals surface area (Å²) in [4.78, 5) is 0. The maximum Gasteiger partial charge on any atom is 0.186 e. The molecule has 0 unspecified atom stereocenters. The summed E-state index contributed by atoms with van der Waals surface area (Å²) >= 11 is 0. The minimum Gasteiger partial charge on any atom is -0.497 e. The average Bonchev–Trinajstić information content (AvgIpc) is 2.90. The average molecular weight is 298 g/mol. The molecule has 2 rings (SSSR count). The molecule has 21 heavy (non-hydrogen) atoms. The Morgan fingerprint density at radius 3 is 2.29 bits per heavy atom. The first-order valence-corrected chi connectivity index (χ1v) is 6.80. The van der Waals surface area contributed by atoms with E-state index in [1.54, 1.807) is 14.2 Å². The van der Waals surface area contributed by atoms with Crippen LogP contribution in [0.1, 0.15) is 5.56 Å². The van der Waals surface area contributed by atoms with Crippen molar-refractivity contribution < 1.29 is 28.8 Å². The minimum atomic E-state index is -0.534. The molecule has 1 N–H and O–H groups in total. The van der Waals surface area contributed by atoms with E-state index in [2.05, 4.69) is 0 Å². The molecule has 4 atom stereocenters. The zero-order valence-electron chi connectivity index (χ0n) is 12.5. The van der Waals surface area contributed by atoms with Crippen LogP contribution in [0, 0.1) is 0 Å². The summed E-state index contributed by atoms with van der Waals surface area (Å²) in [6, 6.07) is 7.61. The van der Waals surface area contributed by atoms with Crippen molar-refractivity contribution in [1.82, 2.24) is 0 Å². The van der Waals surface area contributed by atoms with Crippen molar-refractivity contribution in [2.45, 2.75) is 31.2 Å². The summed E-state index contributed by atoms with van der Waals surface area (Å²) in [5, 5.41) is 9.40. The van der Waals surface area contributed by atoms with Gasteiger partial charge in [0.15, 0.2) is 6.29 Å². The van der Waals surface area contributed by atoms with E-state index in [0.29, 0.717) is 6.61 Å². The molecule has 1 fully saturated rings. The summed E-state index contributed by atoms with van der Waals surface area (Å²) in [5.41, 5.74) is 1.00. The van der Waals surface area contributed by atoms with Gasteiger partial charge >= 0.3 is 0 Å². The number of methoxy groups -OCH3 is 3. The summed E-state index contributed by atoms with van der Waals surface area (Å²) in [6.45, 7) is 0.248. The summed E-state index contributed by atoms with van der Waals surface area (Å²) in [6.07, 6.45) is -1.75. The smallest absolute Gasteiger partial charge is 0.186 e. The first kappa shape index (κ1) is 16.2. The maximum absolute atomic E-state index is 9.40. The monoisotopic (exact) mass is 298 g/mol. The molecule has 6 nitrogen and oxygen atoms in total. The number of rotatable bonds is 7. The molecule has 0 amide bonds. The van der Waals surface area contributed by atoms with Crippen molar-refractivity contribution >= 4 is 0 Å². The second-order valence-corrected chi connectivity index (χ2v) is 4.79. The molecule has 1 aliphatic rings. The van der Waals surface area contributed by atoms with Crippen LogP contribution in [0.25, 0.3) is 0 Å². The highest BCUT2D eigenvalue weighted by Crippen LogP contribution is 2.27. The lowest BCUT2D eigenvalue weighted by Crippen LogP contribution is -2.38. The van der Waals surface area contributed by atoms with Crippen LogP contribution in [-0.2, 0) is 25.6 Å². The predicted octanol–water partition coefficient (Wildman–Crippen LogP) is 0.959. The molecule has 0 saturated carbocycles. The van der Waals surface area contributed by atoms with E-state index in [1.807, 2.05) is 24.3 Å². The largest absolute Gasteiger partial charge is 0.497 e. The van der Waals surface area contributed by atoms with Gasteiger partial charge in [0, 0.05) is 14.2 Å². The minimum absolute atomic E-state index is 0.146. The van der Waals surface area contributed by atoms with Gasteiger partial charge in [-0.2, -0.15) is 0 Å². The number of ether oxygens (including phenoxy) is 5. The van der Waals surface area contributed by atoms with Crippen LogP contribution in [0.2, 0.25) is 0 Å². The van der Waals surface area contributed by atoms with Crippen LogP contribution in [-0.4, -0.2) is 57.6 Å². The van der Waals surface area contributed by atoms with Gasteiger partial charge in [-0.1, -0.05) is 12.1 Å². The Hall–Kier alpha value is -1.18. The van der Waals surface area contributed by atoms with E-state index < -0.39 is 12.4 Å². The van der Waals surface area contributed by atoms with Gasteiger partial charge in [0.2, 0.25) is 0 Å². The highest BCUT2D eigenvalue weighted by atomic mass is 16.7. The number of aliphatic hydroxyl groups excluding tert-OH is 1. The van der Waals surface area contributed by atoms with Gasteiger partial charge in [0.1, 0.15) is 24.1 Å². The van der Waals surface area contributed by atoms with E-state index in [-0.39, 0.29) is 18.8 Å². The Morgan fingerprint density at radius 1 is 1.05 bits per heavy atom. The molecule has 0 spiro atoms. The fourth-order valence-corrected chi connectivity index (χ4v) is 2.39. The fourth-order valence-electron chi connectivity index (χ4n) is 2.39. The molecular weight excluding hydrogens is 276 g/mol. The van der Waals surface area contributed by atoms with Gasteiger partial charge in [-0.3, -0.25) is 0 Å². The fraction of sp³-hybridized carbons (Fsp3) is 0.600. The van der Waals surface area contributed by atoms with E-state index in [9.17, 15) is 5.11 Å². The van der Waals surface area contributed by atoms with Crippen molar-refractivity contribution in [3.8, 4) is 5.75 Å². The Balaban J connectivity index is 1.98. The van der Waals surface area contributed by atoms with Crippen LogP contribution in [0.3, 0.4) is 0 Å². The molecule has 118 valence electrons. The Labute approximate surface area is 124 Å². The molecule has 1 aromatic rings. The highest BCUT2D eigenvalue weighted by Gasteiger charge is 2.45. The first-order chi connectivity index (χ1) is 10.2. The van der Waals surface area contributed by atoms with Gasteiger partial charge in [-0.05, 0) is 17.7 Å². The molecule has 1 aromatic carbocycles. The molecule has 0 aliphatic carbocycles. The zero-order valence-corrected chi connectivity index (χ0v) is 12.5. The first-order valence-electron chi connectivity index (χ1n) is 6.80. The Morgan fingerprint density at radius 2 is 1.76 bits per heavy atom. The van der Waals surface area contributed by atoms with E-state index >= 15 is 0 Å². The number of hydrogen-bond acceptors (Lipinski definition) is 6. The second-order valence-electron chi connectivity index (χ2n) is 4.79. The van der Waals surface area contributed by atoms with E-state index in [1.165, 1.54) is 7.11 Å². The highest BCUT2D eigenvalue weighted by molar-refractivity contribution is 5.26. The van der Waals surface area contributed by atoms with Gasteiger partial charge in [0.25, 0.3) is 0 Å². The van der Waals surface area contributed by atoms with Gasteiger partial charge < -0.3 is 28.8 Å². The molecule has 6 heteroatoms. The lowest BCUT2D eigenvalue weighted by Gasteiger charge is -2.22. The molecule has 1 aliphatic heterocycles. The van der Waals surface area contributed by atoms with Gasteiger partial charge in [0.05, 0.1) is 20.3 Å². The normalized spacial score (nSPS) is 28.8. The molecule has 0 radical (unpaired) electrons. The standard InChI is InChI=1S/C15H22O6/c1-17-11-6-4-10(5-7-11)9-20-13-12(8-16)21-15(19-3)14(13)18-2/h4-7,12-16H,8-9H2,1-3H3/t12-,13+,14-,15-/m1/s1. The summed E-state index contributed by atoms with van der Waals surface area (Å²) < 4.78 is 27.1. The molecule has 1 heterocycles. The van der Waals surface area contributed by atoms with Crippen molar-refractivity contribution in [2.75, 3.05) is 27.9 Å². The molecule has 0 aromatic heterocycles. The zero-order chi connectivity index (χ0) is 15.2. The number of hydrogen-bond donors (Lipinski definition) is 1. The van der Waals surface area contributed by atoms with Crippen LogP contribution in [0.15, 0.2) is 24.3 Å². The van der Waals surface area contributed by atoms with E-state index in [0.717, 1.165) is 11.3 Å². The van der Waals surface area contributed by atoms with Crippen molar-refractivity contribution in [1.29, 1.82) is 0 Å². The van der Waals surface area contributed by atoms with Crippen LogP contribution < -0.4 is 4.74 Å². The summed E-state index contributed by atoms with van der Waals surface area (Å²) in [7, 11) is 4.74. The maximum atomic E-state index is 9.40. The molecular formula is C15H22O6. The van der Waals surface area contributed by atoms with Crippen LogP contribution in [0.5, 0.6) is 5.75 Å². The van der Waals surface area contributed by atoms with Crippen LogP contribution in [0.4, 0.5) is 0 Å². The third-order valence-electron chi connectivity index (χ3n) is 3.55. The van der Waals surface area contributed by atoms with Crippen LogP contribution >= 0.6 is 0 Å². The number of aliphatic hydroxyl groups is 1. The SMILES string of the molecule is COc1ccc(CO[C@@H]2[C@@H](OC)[C@H](OC)O[C@@H]2CO)cc1. The second kappa shape index (κ2) is 7.72. The van der Waals surface area contributed by atoms with Crippen molar-refractivity contribution in [3.63, 3.8) is 0 Å². The Kier molecular flexibility index (Phi) is 5.96. The predicted molar refractivity (Wildman–Crippen MR) is 75.1 cm³/mol. The van der Waals surface area contributed by atoms with Gasteiger partial charge in [-0.15, -0.1) is 0 Å². The lowest BCUT2D eigenvalue weighted by molar-refractivity contribution is -0.159. The summed E-state index contributed by atoms with van der Waals surface area (Å²) in [5.74, 6) is 0.797. The number of benzene rings is 1. The molecule has 1 saturated heterocycles. The van der Waals surface area contributed by atoms with Crippen molar-refractivity contribution in [3.05, 3.63) is 29.8 Å². The Bertz CT molecular complexity index is 421. The van der Waals surface area contributed by atoms with E-state index in [4.69, 9.17) is 23.7 Å². The third-order valence-corrected chi connectivity index (χ3v) is 3.55. The lowest BCUT2D eigenvalue weighted by atomic mass is 10.1. The quantitative estimate of drug-likeness (QED) is 0.809. The molecule has 0 bridgehead atoms. The topological polar surface area (TPSA) is 66.4 Å².